The molecule has 0 saturated carbocycles. The van der Waals surface area contributed by atoms with Gasteiger partial charge in [-0.15, -0.1) is 0 Å². The minimum absolute atomic E-state index is 0.211. The molecule has 118 valence electrons. The molecular weight excluding hydrogens is 316 g/mol. The third kappa shape index (κ3) is 2.91. The number of rotatable bonds is 3. The molecule has 0 aliphatic heterocycles. The molecule has 6 nitrogen and oxygen atoms in total. The van der Waals surface area contributed by atoms with E-state index >= 15 is 0 Å². The van der Waals surface area contributed by atoms with Crippen molar-refractivity contribution in [1.29, 1.82) is 0 Å². The first-order valence-electron chi connectivity index (χ1n) is 6.73. The molecule has 2 N–H and O–H groups in total. The summed E-state index contributed by atoms with van der Waals surface area (Å²) in [5.74, 6) is -0.544. The Bertz CT molecular complexity index is 1010. The van der Waals surface area contributed by atoms with Crippen LogP contribution in [-0.4, -0.2) is 19.2 Å². The first-order valence-corrected chi connectivity index (χ1v) is 8.62. The van der Waals surface area contributed by atoms with Crippen LogP contribution in [0.5, 0.6) is 0 Å². The largest absolute Gasteiger partial charge is 0.424 e. The van der Waals surface area contributed by atoms with Crippen LogP contribution in [0.4, 0.5) is 5.69 Å². The Morgan fingerprint density at radius 3 is 2.39 bits per heavy atom. The highest BCUT2D eigenvalue weighted by molar-refractivity contribution is 7.90. The summed E-state index contributed by atoms with van der Waals surface area (Å²) in [5, 5.41) is 0. The van der Waals surface area contributed by atoms with Gasteiger partial charge in [-0.2, -0.15) is 0 Å². The number of benzene rings is 2. The summed E-state index contributed by atoms with van der Waals surface area (Å²) in [6.07, 6.45) is 2.48. The number of nitrogen functional groups attached to an aromatic ring is 1. The van der Waals surface area contributed by atoms with Crippen molar-refractivity contribution in [2.75, 3.05) is 12.0 Å². The fourth-order valence-corrected chi connectivity index (χ4v) is 2.92. The molecule has 0 amide bonds. The lowest BCUT2D eigenvalue weighted by Gasteiger charge is -2.07. The van der Waals surface area contributed by atoms with E-state index in [0.717, 1.165) is 6.26 Å². The third-order valence-corrected chi connectivity index (χ3v) is 4.53. The lowest BCUT2D eigenvalue weighted by atomic mass is 10.1. The summed E-state index contributed by atoms with van der Waals surface area (Å²) in [4.78, 5) is 12.2. The van der Waals surface area contributed by atoms with Crippen molar-refractivity contribution < 1.29 is 12.8 Å². The Hall–Kier alpha value is -2.80. The third-order valence-electron chi connectivity index (χ3n) is 3.40. The molecule has 0 atom stereocenters. The van der Waals surface area contributed by atoms with Gasteiger partial charge in [-0.1, -0.05) is 18.2 Å². The number of aromatic nitrogens is 1. The highest BCUT2D eigenvalue weighted by Gasteiger charge is 2.14. The van der Waals surface area contributed by atoms with Gasteiger partial charge in [0, 0.05) is 17.5 Å². The summed E-state index contributed by atoms with van der Waals surface area (Å²) in [7, 11) is -3.27. The highest BCUT2D eigenvalue weighted by Crippen LogP contribution is 2.24. The number of sulfone groups is 1. The Morgan fingerprint density at radius 2 is 1.78 bits per heavy atom. The fourth-order valence-electron chi connectivity index (χ4n) is 2.29. The maximum absolute atomic E-state index is 12.0. The number of anilines is 1. The fraction of sp³-hybridized carbons (Fsp3) is 0.0625. The minimum Gasteiger partial charge on any atom is -0.415 e. The molecule has 0 spiro atoms. The van der Waals surface area contributed by atoms with E-state index in [0.29, 0.717) is 22.6 Å². The zero-order chi connectivity index (χ0) is 16.6. The smallest absolute Gasteiger partial charge is 0.415 e. The van der Waals surface area contributed by atoms with Crippen molar-refractivity contribution in [3.63, 3.8) is 0 Å². The Kier molecular flexibility index (Phi) is 3.57. The molecule has 3 aromatic rings. The van der Waals surface area contributed by atoms with Crippen LogP contribution in [0.1, 0.15) is 0 Å². The molecule has 0 radical (unpaired) electrons. The molecule has 1 heterocycles. The first kappa shape index (κ1) is 15.1. The van der Waals surface area contributed by atoms with Gasteiger partial charge in [-0.05, 0) is 30.3 Å². The van der Waals surface area contributed by atoms with E-state index in [4.69, 9.17) is 10.2 Å². The zero-order valence-corrected chi connectivity index (χ0v) is 13.1. The molecule has 0 unspecified atom stereocenters. The minimum atomic E-state index is -3.27. The molecule has 0 aliphatic carbocycles. The predicted octanol–water partition coefficient (Wildman–Crippen LogP) is 2.08. The molecule has 23 heavy (non-hydrogen) atoms. The second-order valence-corrected chi connectivity index (χ2v) is 7.13. The van der Waals surface area contributed by atoms with Crippen LogP contribution in [0.15, 0.2) is 68.9 Å². The number of nitrogens with two attached hydrogens (primary N) is 1. The Balaban J connectivity index is 2.14. The molecule has 0 fully saturated rings. The van der Waals surface area contributed by atoms with Crippen LogP contribution < -0.4 is 11.5 Å². The summed E-state index contributed by atoms with van der Waals surface area (Å²) in [5.41, 5.74) is 8.03. The normalized spacial score (nSPS) is 11.5. The number of hydrogen-bond donors (Lipinski definition) is 1. The van der Waals surface area contributed by atoms with Crippen molar-refractivity contribution in [3.8, 4) is 16.9 Å². The quantitative estimate of drug-likeness (QED) is 0.742. The van der Waals surface area contributed by atoms with Gasteiger partial charge in [-0.25, -0.2) is 17.8 Å². The number of hydrogen-bond acceptors (Lipinski definition) is 5. The standard InChI is InChI=1S/C16H14N2O4S/c1-23(20,21)14-7-5-11(6-8-14)15-10-22-16(19)18(15)13-4-2-3-12(17)9-13/h2-10H,17H2,1H3. The van der Waals surface area contributed by atoms with Crippen LogP contribution in [0, 0.1) is 0 Å². The van der Waals surface area contributed by atoms with E-state index in [9.17, 15) is 13.2 Å². The molecule has 2 aromatic carbocycles. The van der Waals surface area contributed by atoms with Gasteiger partial charge in [0.05, 0.1) is 16.3 Å². The average molecular weight is 330 g/mol. The second kappa shape index (κ2) is 5.44. The van der Waals surface area contributed by atoms with Crippen molar-refractivity contribution in [2.45, 2.75) is 4.90 Å². The molecule has 1 aromatic heterocycles. The maximum Gasteiger partial charge on any atom is 0.424 e. The van der Waals surface area contributed by atoms with E-state index in [1.165, 1.54) is 23.0 Å². The summed E-state index contributed by atoms with van der Waals surface area (Å²) in [6.45, 7) is 0. The van der Waals surface area contributed by atoms with Gasteiger partial charge >= 0.3 is 5.76 Å². The highest BCUT2D eigenvalue weighted by atomic mass is 32.2. The van der Waals surface area contributed by atoms with E-state index in [2.05, 4.69) is 0 Å². The van der Waals surface area contributed by atoms with Crippen molar-refractivity contribution in [1.82, 2.24) is 4.57 Å². The van der Waals surface area contributed by atoms with Crippen LogP contribution >= 0.6 is 0 Å². The molecule has 7 heteroatoms. The maximum atomic E-state index is 12.0. The lowest BCUT2D eigenvalue weighted by Crippen LogP contribution is -2.13. The zero-order valence-electron chi connectivity index (χ0n) is 12.3. The van der Waals surface area contributed by atoms with E-state index < -0.39 is 15.6 Å². The number of oxazole rings is 1. The van der Waals surface area contributed by atoms with Crippen molar-refractivity contribution in [3.05, 3.63) is 65.3 Å². The lowest BCUT2D eigenvalue weighted by molar-refractivity contribution is 0.504. The molecule has 3 rings (SSSR count). The van der Waals surface area contributed by atoms with Crippen LogP contribution in [0.3, 0.4) is 0 Å². The van der Waals surface area contributed by atoms with E-state index in [1.54, 1.807) is 36.4 Å². The Labute approximate surface area is 132 Å². The summed E-state index contributed by atoms with van der Waals surface area (Å²) >= 11 is 0. The van der Waals surface area contributed by atoms with Gasteiger partial charge in [0.1, 0.15) is 6.26 Å². The van der Waals surface area contributed by atoms with Gasteiger partial charge < -0.3 is 10.2 Å². The van der Waals surface area contributed by atoms with Gasteiger partial charge in [0.2, 0.25) is 0 Å². The molecular formula is C16H14N2O4S. The van der Waals surface area contributed by atoms with E-state index in [-0.39, 0.29) is 4.90 Å². The molecule has 0 saturated heterocycles. The first-order chi connectivity index (χ1) is 10.9. The monoisotopic (exact) mass is 330 g/mol. The van der Waals surface area contributed by atoms with Crippen molar-refractivity contribution in [2.24, 2.45) is 0 Å². The van der Waals surface area contributed by atoms with Crippen molar-refractivity contribution >= 4 is 15.5 Å². The molecule has 0 bridgehead atoms. The SMILES string of the molecule is CS(=O)(=O)c1ccc(-c2coc(=O)n2-c2cccc(N)c2)cc1. The van der Waals surface area contributed by atoms with Crippen LogP contribution in [-0.2, 0) is 9.84 Å². The summed E-state index contributed by atoms with van der Waals surface area (Å²) < 4.78 is 29.4. The van der Waals surface area contributed by atoms with Gasteiger partial charge in [0.25, 0.3) is 0 Å². The summed E-state index contributed by atoms with van der Waals surface area (Å²) in [6, 6.07) is 13.1. The molecule has 0 aliphatic rings. The topological polar surface area (TPSA) is 95.3 Å². The average Bonchev–Trinajstić information content (AvgIpc) is 2.88. The van der Waals surface area contributed by atoms with Gasteiger partial charge in [-0.3, -0.25) is 0 Å². The predicted molar refractivity (Wildman–Crippen MR) is 87.3 cm³/mol. The van der Waals surface area contributed by atoms with Gasteiger partial charge in [0.15, 0.2) is 9.84 Å². The van der Waals surface area contributed by atoms with Crippen LogP contribution in [0.25, 0.3) is 16.9 Å². The Morgan fingerprint density at radius 1 is 1.09 bits per heavy atom. The number of nitrogens with zero attached hydrogens (tertiary/aromatic N) is 1. The second-order valence-electron chi connectivity index (χ2n) is 5.11. The van der Waals surface area contributed by atoms with E-state index in [1.807, 2.05) is 0 Å². The van der Waals surface area contributed by atoms with Crippen LogP contribution in [0.2, 0.25) is 0 Å².